The maximum Gasteiger partial charge on any atom is 0.320 e. The Hall–Kier alpha value is -2.17. The Kier molecular flexibility index (Phi) is 9.63. The molecule has 11 nitrogen and oxygen atoms in total. The molecule has 0 bridgehead atoms. The first-order valence-corrected chi connectivity index (χ1v) is 9.29. The fourth-order valence-electron chi connectivity index (χ4n) is 2.63. The summed E-state index contributed by atoms with van der Waals surface area (Å²) in [4.78, 5) is 33.9. The van der Waals surface area contributed by atoms with Gasteiger partial charge in [0.05, 0.1) is 12.1 Å². The molecule has 0 aliphatic carbocycles. The average molecular weight is 388 g/mol. The van der Waals surface area contributed by atoms with Crippen molar-refractivity contribution in [2.45, 2.75) is 55.5 Å². The number of nitrogens with zero attached hydrogens (tertiary/aromatic N) is 3. The summed E-state index contributed by atoms with van der Waals surface area (Å²) in [6.07, 6.45) is 3.06. The van der Waals surface area contributed by atoms with Gasteiger partial charge in [0.1, 0.15) is 6.04 Å². The third-order valence-electron chi connectivity index (χ3n) is 3.99. The molecule has 2 aliphatic heterocycles. The highest BCUT2D eigenvalue weighted by Crippen LogP contribution is 2.33. The highest BCUT2D eigenvalue weighted by atomic mass is 32.2. The smallest absolute Gasteiger partial charge is 0.320 e. The van der Waals surface area contributed by atoms with Crippen molar-refractivity contribution in [3.05, 3.63) is 10.4 Å². The van der Waals surface area contributed by atoms with E-state index >= 15 is 0 Å². The number of carbonyl (C=O) groups is 3. The van der Waals surface area contributed by atoms with E-state index in [4.69, 9.17) is 21.5 Å². The standard InChI is InChI=1S/C10H16N2O3S.C4H8N4O2/c13-8(14)4-2-1-3-7-9-6(5-16-7)11-10(15)12-9;5-3(4(9)10)1-2-7-8-6/h6-7,9H,1-5H2,(H,13,14)(H2,11,12,15);3H,1-2,5H2,(H,9,10)/t6-,7-,9-;3-/m00/s1. The maximum absolute atomic E-state index is 11.1. The van der Waals surface area contributed by atoms with E-state index < -0.39 is 18.0 Å². The lowest BCUT2D eigenvalue weighted by Crippen LogP contribution is -2.36. The number of rotatable bonds is 9. The quantitative estimate of drug-likeness (QED) is 0.127. The van der Waals surface area contributed by atoms with Crippen molar-refractivity contribution in [2.24, 2.45) is 10.8 Å². The Bertz CT molecular complexity index is 556. The second-order valence-corrected chi connectivity index (χ2v) is 7.22. The topological polar surface area (TPSA) is 191 Å². The fourth-order valence-corrected chi connectivity index (χ4v) is 4.17. The second kappa shape index (κ2) is 11.4. The number of carbonyl (C=O) groups excluding carboxylic acids is 1. The molecule has 26 heavy (non-hydrogen) atoms. The Labute approximate surface area is 154 Å². The van der Waals surface area contributed by atoms with Crippen LogP contribution in [0.2, 0.25) is 0 Å². The van der Waals surface area contributed by atoms with Gasteiger partial charge in [0.2, 0.25) is 0 Å². The summed E-state index contributed by atoms with van der Waals surface area (Å²) in [6.45, 7) is 0.129. The number of aliphatic carboxylic acids is 2. The van der Waals surface area contributed by atoms with Gasteiger partial charge in [-0.15, -0.1) is 0 Å². The van der Waals surface area contributed by atoms with Gasteiger partial charge in [0, 0.05) is 28.9 Å². The predicted molar refractivity (Wildman–Crippen MR) is 95.8 cm³/mol. The number of nitrogens with two attached hydrogens (primary N) is 1. The summed E-state index contributed by atoms with van der Waals surface area (Å²) in [5.41, 5.74) is 12.9. The van der Waals surface area contributed by atoms with Crippen molar-refractivity contribution in [3.63, 3.8) is 0 Å². The number of urea groups is 1. The third kappa shape index (κ3) is 7.81. The van der Waals surface area contributed by atoms with Crippen molar-refractivity contribution in [1.82, 2.24) is 10.6 Å². The number of hydrogen-bond acceptors (Lipinski definition) is 6. The van der Waals surface area contributed by atoms with Gasteiger partial charge >= 0.3 is 18.0 Å². The lowest BCUT2D eigenvalue weighted by Gasteiger charge is -2.16. The van der Waals surface area contributed by atoms with Crippen LogP contribution < -0.4 is 16.4 Å². The Morgan fingerprint density at radius 2 is 2.12 bits per heavy atom. The molecule has 0 aromatic heterocycles. The minimum atomic E-state index is -1.08. The summed E-state index contributed by atoms with van der Waals surface area (Å²) in [5, 5.41) is 26.1. The van der Waals surface area contributed by atoms with Crippen molar-refractivity contribution >= 4 is 29.7 Å². The molecule has 2 fully saturated rings. The van der Waals surface area contributed by atoms with Crippen LogP contribution in [0.15, 0.2) is 5.11 Å². The minimum Gasteiger partial charge on any atom is -0.481 e. The lowest BCUT2D eigenvalue weighted by atomic mass is 10.0. The van der Waals surface area contributed by atoms with E-state index in [-0.39, 0.29) is 37.5 Å². The van der Waals surface area contributed by atoms with Crippen LogP contribution in [-0.2, 0) is 9.59 Å². The molecule has 2 rings (SSSR count). The van der Waals surface area contributed by atoms with E-state index in [1.807, 2.05) is 11.8 Å². The van der Waals surface area contributed by atoms with Crippen molar-refractivity contribution in [1.29, 1.82) is 0 Å². The van der Waals surface area contributed by atoms with Crippen LogP contribution in [0, 0.1) is 0 Å². The maximum atomic E-state index is 11.1. The Balaban J connectivity index is 0.000000294. The number of fused-ring (bicyclic) bond motifs is 1. The van der Waals surface area contributed by atoms with Crippen LogP contribution in [0.5, 0.6) is 0 Å². The molecule has 12 heteroatoms. The molecule has 2 amide bonds. The van der Waals surface area contributed by atoms with Gasteiger partial charge in [-0.25, -0.2) is 4.79 Å². The van der Waals surface area contributed by atoms with Gasteiger partial charge in [-0.05, 0) is 24.8 Å². The molecule has 0 saturated carbocycles. The lowest BCUT2D eigenvalue weighted by molar-refractivity contribution is -0.139. The third-order valence-corrected chi connectivity index (χ3v) is 5.50. The Morgan fingerprint density at radius 1 is 1.38 bits per heavy atom. The first-order valence-electron chi connectivity index (χ1n) is 8.24. The average Bonchev–Trinajstić information content (AvgIpc) is 3.11. The zero-order valence-corrected chi connectivity index (χ0v) is 15.0. The number of azide groups is 1. The molecule has 0 radical (unpaired) electrons. The molecule has 2 heterocycles. The molecule has 0 aromatic rings. The second-order valence-electron chi connectivity index (χ2n) is 5.95. The molecule has 0 aromatic carbocycles. The van der Waals surface area contributed by atoms with E-state index in [0.29, 0.717) is 5.25 Å². The molecular weight excluding hydrogens is 364 g/mol. The molecule has 2 aliphatic rings. The van der Waals surface area contributed by atoms with Crippen LogP contribution in [0.25, 0.3) is 10.4 Å². The summed E-state index contributed by atoms with van der Waals surface area (Å²) in [7, 11) is 0. The molecule has 6 N–H and O–H groups in total. The molecular formula is C14H24N6O5S. The highest BCUT2D eigenvalue weighted by molar-refractivity contribution is 8.00. The first kappa shape index (κ1) is 21.9. The number of hydrogen-bond donors (Lipinski definition) is 5. The Morgan fingerprint density at radius 3 is 2.73 bits per heavy atom. The van der Waals surface area contributed by atoms with E-state index in [9.17, 15) is 14.4 Å². The number of unbranched alkanes of at least 4 members (excludes halogenated alkanes) is 1. The van der Waals surface area contributed by atoms with Gasteiger partial charge < -0.3 is 26.6 Å². The van der Waals surface area contributed by atoms with Crippen LogP contribution >= 0.6 is 11.8 Å². The molecule has 0 spiro atoms. The van der Waals surface area contributed by atoms with Crippen LogP contribution in [0.3, 0.4) is 0 Å². The fraction of sp³-hybridized carbons (Fsp3) is 0.786. The van der Waals surface area contributed by atoms with Gasteiger partial charge in [-0.1, -0.05) is 11.5 Å². The monoisotopic (exact) mass is 388 g/mol. The number of carboxylic acids is 2. The number of thioether (sulfide) groups is 1. The summed E-state index contributed by atoms with van der Waals surface area (Å²) >= 11 is 1.87. The van der Waals surface area contributed by atoms with Crippen LogP contribution in [0.4, 0.5) is 4.79 Å². The van der Waals surface area contributed by atoms with Gasteiger partial charge in [0.15, 0.2) is 0 Å². The number of carboxylic acid groups (broad SMARTS) is 2. The van der Waals surface area contributed by atoms with Crippen molar-refractivity contribution < 1.29 is 24.6 Å². The van der Waals surface area contributed by atoms with Gasteiger partial charge in [0.25, 0.3) is 0 Å². The van der Waals surface area contributed by atoms with Crippen molar-refractivity contribution in [3.8, 4) is 0 Å². The zero-order valence-electron chi connectivity index (χ0n) is 14.2. The van der Waals surface area contributed by atoms with Crippen LogP contribution in [-0.4, -0.2) is 63.9 Å². The summed E-state index contributed by atoms with van der Waals surface area (Å²) in [5.74, 6) is -0.839. The minimum absolute atomic E-state index is 0.0640. The zero-order chi connectivity index (χ0) is 19.5. The van der Waals surface area contributed by atoms with Crippen LogP contribution in [0.1, 0.15) is 32.1 Å². The van der Waals surface area contributed by atoms with E-state index in [1.54, 1.807) is 0 Å². The SMILES string of the molecule is O=C(O)CCCC[C@@H]1SC[C@@H]2NC(=O)N[C@@H]21.[N-]=[N+]=NCC[C@H](N)C(=O)O. The highest BCUT2D eigenvalue weighted by Gasteiger charge is 2.42. The summed E-state index contributed by atoms with van der Waals surface area (Å²) in [6, 6.07) is -0.486. The van der Waals surface area contributed by atoms with E-state index in [0.717, 1.165) is 25.0 Å². The van der Waals surface area contributed by atoms with E-state index in [2.05, 4.69) is 20.7 Å². The largest absolute Gasteiger partial charge is 0.481 e. The molecule has 4 atom stereocenters. The molecule has 146 valence electrons. The normalized spacial score (nSPS) is 24.2. The van der Waals surface area contributed by atoms with E-state index in [1.165, 1.54) is 0 Å². The first-order chi connectivity index (χ1) is 12.3. The summed E-state index contributed by atoms with van der Waals surface area (Å²) < 4.78 is 0. The van der Waals surface area contributed by atoms with Gasteiger partial charge in [-0.2, -0.15) is 11.8 Å². The van der Waals surface area contributed by atoms with Crippen molar-refractivity contribution in [2.75, 3.05) is 12.3 Å². The number of amides is 2. The predicted octanol–water partition coefficient (Wildman–Crippen LogP) is 0.896. The molecule has 0 unspecified atom stereocenters. The number of nitrogens with one attached hydrogen (secondary N) is 2. The molecule has 2 saturated heterocycles. The van der Waals surface area contributed by atoms with Gasteiger partial charge in [-0.3, -0.25) is 9.59 Å².